The van der Waals surface area contributed by atoms with Crippen molar-refractivity contribution in [3.8, 4) is 5.75 Å². The molecule has 0 saturated carbocycles. The van der Waals surface area contributed by atoms with E-state index < -0.39 is 0 Å². The van der Waals surface area contributed by atoms with E-state index in [9.17, 15) is 9.59 Å². The molecule has 1 heterocycles. The third kappa shape index (κ3) is 4.52. The molecule has 2 amide bonds. The van der Waals surface area contributed by atoms with Gasteiger partial charge in [-0.2, -0.15) is 0 Å². The number of H-pyrrole nitrogens is 1. The normalized spacial score (nSPS) is 10.7. The first-order valence-electron chi connectivity index (χ1n) is 9.24. The van der Waals surface area contributed by atoms with Crippen LogP contribution in [0.15, 0.2) is 47.3 Å². The van der Waals surface area contributed by atoms with Gasteiger partial charge in [0.15, 0.2) is 0 Å². The van der Waals surface area contributed by atoms with Gasteiger partial charge in [-0.05, 0) is 66.6 Å². The Morgan fingerprint density at radius 2 is 1.79 bits per heavy atom. The summed E-state index contributed by atoms with van der Waals surface area (Å²) in [5, 5.41) is 6.51. The van der Waals surface area contributed by atoms with Crippen LogP contribution >= 0.6 is 0 Å². The predicted octanol–water partition coefficient (Wildman–Crippen LogP) is 3.20. The van der Waals surface area contributed by atoms with Crippen molar-refractivity contribution < 1.29 is 9.53 Å². The van der Waals surface area contributed by atoms with Crippen molar-refractivity contribution in [3.05, 3.63) is 75.1 Å². The topological polar surface area (TPSA) is 83.2 Å². The molecule has 0 unspecified atom stereocenters. The molecular formula is C22H25N3O3. The zero-order valence-corrected chi connectivity index (χ0v) is 16.4. The number of aromatic nitrogens is 1. The number of nitrogens with one attached hydrogen (secondary N) is 3. The number of ether oxygens (including phenoxy) is 1. The summed E-state index contributed by atoms with van der Waals surface area (Å²) >= 11 is 0. The average Bonchev–Trinajstić information content (AvgIpc) is 2.68. The summed E-state index contributed by atoms with van der Waals surface area (Å²) in [5.74, 6) is 0.804. The first kappa shape index (κ1) is 19.5. The third-order valence-corrected chi connectivity index (χ3v) is 4.85. The molecule has 146 valence electrons. The second-order valence-corrected chi connectivity index (χ2v) is 6.82. The maximum Gasteiger partial charge on any atom is 0.315 e. The molecule has 0 radical (unpaired) electrons. The van der Waals surface area contributed by atoms with Crippen molar-refractivity contribution in [2.75, 3.05) is 13.7 Å². The van der Waals surface area contributed by atoms with Crippen LogP contribution in [-0.2, 0) is 13.0 Å². The van der Waals surface area contributed by atoms with Crippen LogP contribution in [0.5, 0.6) is 5.75 Å². The van der Waals surface area contributed by atoms with Crippen LogP contribution in [-0.4, -0.2) is 24.7 Å². The number of benzene rings is 2. The minimum absolute atomic E-state index is 0.165. The fraction of sp³-hybridized carbons (Fsp3) is 0.273. The van der Waals surface area contributed by atoms with Crippen molar-refractivity contribution in [1.82, 2.24) is 15.6 Å². The molecule has 3 aromatic rings. The molecule has 6 heteroatoms. The van der Waals surface area contributed by atoms with Gasteiger partial charge in [0.05, 0.1) is 7.11 Å². The first-order valence-corrected chi connectivity index (χ1v) is 9.24. The van der Waals surface area contributed by atoms with E-state index >= 15 is 0 Å². The van der Waals surface area contributed by atoms with E-state index in [1.165, 1.54) is 0 Å². The Morgan fingerprint density at radius 3 is 2.57 bits per heavy atom. The van der Waals surface area contributed by atoms with Gasteiger partial charge in [0, 0.05) is 24.2 Å². The number of carbonyl (C=O) groups excluding carboxylic acids is 1. The standard InChI is InChI=1S/C22H25N3O3/c1-14-10-17-12-18(21(26)25-19(17)11-15(14)2)13-24-22(27)23-9-8-16-6-4-5-7-20(16)28-3/h4-7,10-12H,8-9,13H2,1-3H3,(H,25,26)(H2,23,24,27). The van der Waals surface area contributed by atoms with Gasteiger partial charge in [0.25, 0.3) is 5.56 Å². The number of amides is 2. The quantitative estimate of drug-likeness (QED) is 0.615. The van der Waals surface area contributed by atoms with Gasteiger partial charge in [-0.1, -0.05) is 18.2 Å². The third-order valence-electron chi connectivity index (χ3n) is 4.85. The van der Waals surface area contributed by atoms with Gasteiger partial charge >= 0.3 is 6.03 Å². The predicted molar refractivity (Wildman–Crippen MR) is 111 cm³/mol. The minimum Gasteiger partial charge on any atom is -0.496 e. The molecule has 0 spiro atoms. The van der Waals surface area contributed by atoms with Gasteiger partial charge in [-0.15, -0.1) is 0 Å². The van der Waals surface area contributed by atoms with E-state index in [-0.39, 0.29) is 18.1 Å². The fourth-order valence-corrected chi connectivity index (χ4v) is 3.11. The number of urea groups is 1. The molecule has 3 N–H and O–H groups in total. The SMILES string of the molecule is COc1ccccc1CCNC(=O)NCc1cc2cc(C)c(C)cc2[nH]c1=O. The van der Waals surface area contributed by atoms with E-state index in [0.29, 0.717) is 18.5 Å². The van der Waals surface area contributed by atoms with Crippen LogP contribution < -0.4 is 20.9 Å². The Balaban J connectivity index is 1.57. The molecule has 0 aliphatic carbocycles. The van der Waals surface area contributed by atoms with Gasteiger partial charge in [0.1, 0.15) is 5.75 Å². The Bertz CT molecular complexity index is 1060. The smallest absolute Gasteiger partial charge is 0.315 e. The number of pyridine rings is 1. The van der Waals surface area contributed by atoms with Gasteiger partial charge in [-0.3, -0.25) is 4.79 Å². The zero-order chi connectivity index (χ0) is 20.1. The minimum atomic E-state index is -0.311. The highest BCUT2D eigenvalue weighted by atomic mass is 16.5. The van der Waals surface area contributed by atoms with E-state index in [1.54, 1.807) is 7.11 Å². The molecule has 0 saturated heterocycles. The molecule has 3 rings (SSSR count). The van der Waals surface area contributed by atoms with Crippen LogP contribution in [0.3, 0.4) is 0 Å². The van der Waals surface area contributed by atoms with Gasteiger partial charge in [0.2, 0.25) is 0 Å². The van der Waals surface area contributed by atoms with E-state index in [2.05, 4.69) is 15.6 Å². The molecule has 0 aliphatic heterocycles. The van der Waals surface area contributed by atoms with Crippen LogP contribution in [0.2, 0.25) is 0 Å². The second kappa shape index (κ2) is 8.61. The lowest BCUT2D eigenvalue weighted by Gasteiger charge is -2.10. The Morgan fingerprint density at radius 1 is 1.04 bits per heavy atom. The summed E-state index contributed by atoms with van der Waals surface area (Å²) in [6.07, 6.45) is 0.659. The summed E-state index contributed by atoms with van der Waals surface area (Å²) in [7, 11) is 1.63. The van der Waals surface area contributed by atoms with Crippen LogP contribution in [0.4, 0.5) is 4.79 Å². The molecule has 6 nitrogen and oxygen atoms in total. The van der Waals surface area contributed by atoms with Crippen LogP contribution in [0.1, 0.15) is 22.3 Å². The summed E-state index contributed by atoms with van der Waals surface area (Å²) in [6.45, 7) is 4.68. The van der Waals surface area contributed by atoms with Crippen molar-refractivity contribution in [1.29, 1.82) is 0 Å². The van der Waals surface area contributed by atoms with Gasteiger partial charge < -0.3 is 20.4 Å². The number of rotatable bonds is 6. The highest BCUT2D eigenvalue weighted by Crippen LogP contribution is 2.18. The highest BCUT2D eigenvalue weighted by molar-refractivity contribution is 5.81. The Labute approximate surface area is 163 Å². The zero-order valence-electron chi connectivity index (χ0n) is 16.4. The number of aromatic amines is 1. The van der Waals surface area contributed by atoms with E-state index in [4.69, 9.17) is 4.74 Å². The highest BCUT2D eigenvalue weighted by Gasteiger charge is 2.07. The molecule has 0 atom stereocenters. The number of fused-ring (bicyclic) bond motifs is 1. The number of methoxy groups -OCH3 is 1. The second-order valence-electron chi connectivity index (χ2n) is 6.82. The van der Waals surface area contributed by atoms with E-state index in [0.717, 1.165) is 33.3 Å². The van der Waals surface area contributed by atoms with E-state index in [1.807, 2.05) is 56.3 Å². The number of para-hydroxylation sites is 1. The maximum atomic E-state index is 12.3. The monoisotopic (exact) mass is 379 g/mol. The Hall–Kier alpha value is -3.28. The van der Waals surface area contributed by atoms with Crippen molar-refractivity contribution in [2.24, 2.45) is 0 Å². The lowest BCUT2D eigenvalue weighted by molar-refractivity contribution is 0.240. The van der Waals surface area contributed by atoms with Crippen LogP contribution in [0.25, 0.3) is 10.9 Å². The number of carbonyl (C=O) groups is 1. The number of aryl methyl sites for hydroxylation is 2. The lowest BCUT2D eigenvalue weighted by Crippen LogP contribution is -2.37. The molecule has 0 fully saturated rings. The Kier molecular flexibility index (Phi) is 5.99. The molecule has 1 aromatic heterocycles. The van der Waals surface area contributed by atoms with Crippen LogP contribution in [0, 0.1) is 13.8 Å². The summed E-state index contributed by atoms with van der Waals surface area (Å²) in [6, 6.07) is 13.2. The average molecular weight is 379 g/mol. The lowest BCUT2D eigenvalue weighted by atomic mass is 10.1. The molecular weight excluding hydrogens is 354 g/mol. The largest absolute Gasteiger partial charge is 0.496 e. The summed E-state index contributed by atoms with van der Waals surface area (Å²) in [5.41, 5.74) is 4.46. The van der Waals surface area contributed by atoms with Crippen molar-refractivity contribution in [2.45, 2.75) is 26.8 Å². The fourth-order valence-electron chi connectivity index (χ4n) is 3.11. The summed E-state index contributed by atoms with van der Waals surface area (Å²) < 4.78 is 5.31. The van der Waals surface area contributed by atoms with Crippen molar-refractivity contribution >= 4 is 16.9 Å². The number of hydrogen-bond acceptors (Lipinski definition) is 3. The van der Waals surface area contributed by atoms with Crippen molar-refractivity contribution in [3.63, 3.8) is 0 Å². The number of hydrogen-bond donors (Lipinski definition) is 3. The summed E-state index contributed by atoms with van der Waals surface area (Å²) in [4.78, 5) is 27.2. The maximum absolute atomic E-state index is 12.3. The molecule has 0 aliphatic rings. The first-order chi connectivity index (χ1) is 13.5. The van der Waals surface area contributed by atoms with Gasteiger partial charge in [-0.25, -0.2) is 4.79 Å². The molecule has 28 heavy (non-hydrogen) atoms. The molecule has 2 aromatic carbocycles. The molecule has 0 bridgehead atoms.